The molecule has 0 saturated carbocycles. The molecule has 2 unspecified atom stereocenters. The number of carbonyl (C=O) groups is 2. The van der Waals surface area contributed by atoms with Crippen molar-refractivity contribution in [2.75, 3.05) is 31.1 Å². The Balaban J connectivity index is 2.18. The molecule has 0 bridgehead atoms. The first-order valence-electron chi connectivity index (χ1n) is 13.0. The third-order valence-corrected chi connectivity index (χ3v) is 9.26. The smallest absolute Gasteiger partial charge is 0.414 e. The Bertz CT molecular complexity index is 1240. The molecule has 17 heteroatoms. The van der Waals surface area contributed by atoms with Crippen molar-refractivity contribution in [3.8, 4) is 0 Å². The summed E-state index contributed by atoms with van der Waals surface area (Å²) in [7, 11) is -8.11. The average molecular weight is 618 g/mol. The van der Waals surface area contributed by atoms with Crippen molar-refractivity contribution in [1.29, 1.82) is 0 Å². The fourth-order valence-electron chi connectivity index (χ4n) is 4.19. The van der Waals surface area contributed by atoms with Crippen LogP contribution in [-0.4, -0.2) is 84.2 Å². The molecule has 228 valence electrons. The van der Waals surface area contributed by atoms with Gasteiger partial charge in [-0.1, -0.05) is 13.8 Å². The first-order chi connectivity index (χ1) is 19.3. The third kappa shape index (κ3) is 10.2. The van der Waals surface area contributed by atoms with Crippen LogP contribution in [-0.2, 0) is 14.1 Å². The number of nitro groups is 1. The number of carbonyl (C=O) groups excluding carboxylic acids is 2. The molecule has 2 rings (SSSR count). The van der Waals surface area contributed by atoms with Crippen LogP contribution in [0.15, 0.2) is 30.5 Å². The summed E-state index contributed by atoms with van der Waals surface area (Å²) in [5, 5.41) is 13.7. The van der Waals surface area contributed by atoms with Crippen LogP contribution >= 0.6 is 16.0 Å². The van der Waals surface area contributed by atoms with E-state index in [0.29, 0.717) is 23.0 Å². The zero-order valence-corrected chi connectivity index (χ0v) is 24.9. The number of aromatic nitrogens is 1. The number of fused-ring (bicyclic) bond motifs is 1. The van der Waals surface area contributed by atoms with Gasteiger partial charge in [-0.2, -0.15) is 0 Å². The summed E-state index contributed by atoms with van der Waals surface area (Å²) in [4.78, 5) is 80.8. The largest absolute Gasteiger partial charge is 0.449 e. The molecule has 0 saturated heterocycles. The second-order valence-electron chi connectivity index (χ2n) is 9.25. The van der Waals surface area contributed by atoms with Crippen molar-refractivity contribution >= 4 is 50.2 Å². The number of hydrogen-bond donors (Lipinski definition) is 5. The summed E-state index contributed by atoms with van der Waals surface area (Å²) in [6.07, 6.45) is 1.85. The molecule has 15 nitrogen and oxygen atoms in total. The predicted octanol–water partition coefficient (Wildman–Crippen LogP) is 3.25. The number of ether oxygens (including phenoxy) is 1. The third-order valence-electron chi connectivity index (χ3n) is 6.40. The van der Waals surface area contributed by atoms with E-state index in [-0.39, 0.29) is 31.2 Å². The SMILES string of the molecule is CCN(CC)CCCC(C)N(C(=O)OCCCC(=O)NC(P(O)O)P(=O)(O)O)c1ccnc2cc([N+](=O)[O-])ccc12. The van der Waals surface area contributed by atoms with Crippen molar-refractivity contribution in [3.63, 3.8) is 0 Å². The molecule has 1 heterocycles. The highest BCUT2D eigenvalue weighted by molar-refractivity contribution is 7.67. The first-order valence-corrected chi connectivity index (χ1v) is 16.0. The Hall–Kier alpha value is -2.77. The molecule has 41 heavy (non-hydrogen) atoms. The minimum absolute atomic E-state index is 0.00625. The molecule has 0 aliphatic rings. The number of benzene rings is 1. The van der Waals surface area contributed by atoms with Crippen LogP contribution in [0.25, 0.3) is 10.9 Å². The normalized spacial score (nSPS) is 13.3. The minimum atomic E-state index is -4.99. The zero-order chi connectivity index (χ0) is 30.7. The van der Waals surface area contributed by atoms with E-state index in [9.17, 15) is 43.8 Å². The predicted molar refractivity (Wildman–Crippen MR) is 153 cm³/mol. The lowest BCUT2D eigenvalue weighted by molar-refractivity contribution is -0.384. The monoisotopic (exact) mass is 617 g/mol. The molecule has 0 aliphatic heterocycles. The Kier molecular flexibility index (Phi) is 13.5. The van der Waals surface area contributed by atoms with Gasteiger partial charge in [-0.05, 0) is 58.0 Å². The maximum absolute atomic E-state index is 13.4. The molecule has 0 aliphatic carbocycles. The fraction of sp³-hybridized carbons (Fsp3) is 0.542. The van der Waals surface area contributed by atoms with Crippen molar-refractivity contribution in [2.24, 2.45) is 0 Å². The summed E-state index contributed by atoms with van der Waals surface area (Å²) in [6.45, 7) is 8.40. The van der Waals surface area contributed by atoms with Crippen LogP contribution in [0.5, 0.6) is 0 Å². The van der Waals surface area contributed by atoms with E-state index in [1.807, 2.05) is 12.2 Å². The van der Waals surface area contributed by atoms with E-state index in [2.05, 4.69) is 23.7 Å². The van der Waals surface area contributed by atoms with Crippen molar-refractivity contribution in [1.82, 2.24) is 15.2 Å². The summed E-state index contributed by atoms with van der Waals surface area (Å²) >= 11 is 0. The highest BCUT2D eigenvalue weighted by Crippen LogP contribution is 2.53. The van der Waals surface area contributed by atoms with Crippen LogP contribution in [0.1, 0.15) is 46.5 Å². The van der Waals surface area contributed by atoms with E-state index in [0.717, 1.165) is 26.1 Å². The van der Waals surface area contributed by atoms with Gasteiger partial charge in [0, 0.05) is 36.2 Å². The minimum Gasteiger partial charge on any atom is -0.449 e. The van der Waals surface area contributed by atoms with Gasteiger partial charge in [0.25, 0.3) is 5.69 Å². The Morgan fingerprint density at radius 3 is 2.46 bits per heavy atom. The van der Waals surface area contributed by atoms with Gasteiger partial charge in [-0.3, -0.25) is 29.4 Å². The summed E-state index contributed by atoms with van der Waals surface area (Å²) < 4.78 is 16.8. The Morgan fingerprint density at radius 1 is 1.20 bits per heavy atom. The second-order valence-corrected chi connectivity index (χ2v) is 12.5. The number of amides is 2. The van der Waals surface area contributed by atoms with Gasteiger partial charge in [0.05, 0.1) is 22.7 Å². The van der Waals surface area contributed by atoms with Gasteiger partial charge in [0.1, 0.15) is 0 Å². The first kappa shape index (κ1) is 34.4. The molecule has 5 N–H and O–H groups in total. The number of rotatable bonds is 16. The maximum Gasteiger partial charge on any atom is 0.414 e. The number of hydrogen-bond acceptors (Lipinski definition) is 10. The average Bonchev–Trinajstić information content (AvgIpc) is 2.91. The Morgan fingerprint density at radius 2 is 1.88 bits per heavy atom. The number of nitro benzene ring substituents is 1. The molecular formula is C24H37N5O10P2. The lowest BCUT2D eigenvalue weighted by Crippen LogP contribution is -2.40. The van der Waals surface area contributed by atoms with Crippen molar-refractivity contribution in [2.45, 2.75) is 58.0 Å². The highest BCUT2D eigenvalue weighted by Gasteiger charge is 2.37. The number of pyridine rings is 1. The van der Waals surface area contributed by atoms with Crippen LogP contribution in [0, 0.1) is 10.1 Å². The molecule has 1 aromatic carbocycles. The molecule has 0 spiro atoms. The highest BCUT2D eigenvalue weighted by atomic mass is 31.2. The van der Waals surface area contributed by atoms with E-state index >= 15 is 0 Å². The van der Waals surface area contributed by atoms with Gasteiger partial charge in [0.15, 0.2) is 0 Å². The standard InChI is InChI=1S/C24H37N5O10P2/c1-4-27(5-2)14-6-8-17(3)28(21-12-13-25-20-16-18(29(32)33)10-11-19(20)21)24(31)39-15-7-9-22(30)26-23(40(34)35)41(36,37)38/h10-13,16-17,23,34-35H,4-9,14-15H2,1-3H3,(H,26,30)(H2,36,37,38). The van der Waals surface area contributed by atoms with Crippen molar-refractivity contribution in [3.05, 3.63) is 40.6 Å². The summed E-state index contributed by atoms with van der Waals surface area (Å²) in [6, 6.07) is 5.46. The molecular weight excluding hydrogens is 580 g/mol. The summed E-state index contributed by atoms with van der Waals surface area (Å²) in [5.41, 5.74) is -1.48. The van der Waals surface area contributed by atoms with E-state index in [1.54, 1.807) is 6.07 Å². The second kappa shape index (κ2) is 16.0. The van der Waals surface area contributed by atoms with Gasteiger partial charge in [-0.15, -0.1) is 0 Å². The van der Waals surface area contributed by atoms with Gasteiger partial charge >= 0.3 is 13.7 Å². The quantitative estimate of drug-likeness (QED) is 0.0794. The number of nitrogens with one attached hydrogen (secondary N) is 1. The van der Waals surface area contributed by atoms with Crippen LogP contribution in [0.4, 0.5) is 16.2 Å². The van der Waals surface area contributed by atoms with Gasteiger partial charge in [0.2, 0.25) is 19.8 Å². The topological polar surface area (TPSA) is 216 Å². The van der Waals surface area contributed by atoms with Gasteiger partial charge < -0.3 is 34.5 Å². The zero-order valence-electron chi connectivity index (χ0n) is 23.1. The van der Waals surface area contributed by atoms with Crippen LogP contribution < -0.4 is 10.2 Å². The molecule has 0 radical (unpaired) electrons. The van der Waals surface area contributed by atoms with Crippen LogP contribution in [0.3, 0.4) is 0 Å². The summed E-state index contributed by atoms with van der Waals surface area (Å²) in [5.74, 6) is -0.853. The molecule has 2 amide bonds. The number of non-ortho nitro benzene ring substituents is 1. The van der Waals surface area contributed by atoms with Gasteiger partial charge in [-0.25, -0.2) is 4.79 Å². The fourth-order valence-corrected chi connectivity index (χ4v) is 5.84. The van der Waals surface area contributed by atoms with Crippen LogP contribution in [0.2, 0.25) is 0 Å². The number of nitrogens with zero attached hydrogens (tertiary/aromatic N) is 4. The molecule has 2 aromatic rings. The lowest BCUT2D eigenvalue weighted by atomic mass is 10.1. The Labute approximate surface area is 238 Å². The lowest BCUT2D eigenvalue weighted by Gasteiger charge is -2.30. The van der Waals surface area contributed by atoms with Crippen molar-refractivity contribution < 1.29 is 43.4 Å². The molecule has 2 atom stereocenters. The van der Waals surface area contributed by atoms with E-state index in [4.69, 9.17) is 4.74 Å². The van der Waals surface area contributed by atoms with E-state index < -0.39 is 38.4 Å². The maximum atomic E-state index is 13.4. The molecule has 1 aromatic heterocycles. The number of anilines is 1. The molecule has 0 fully saturated rings. The van der Waals surface area contributed by atoms with E-state index in [1.165, 1.54) is 29.3 Å².